The Morgan fingerprint density at radius 2 is 2.46 bits per heavy atom. The molecule has 0 aliphatic heterocycles. The van der Waals surface area contributed by atoms with Gasteiger partial charge in [0.2, 0.25) is 0 Å². The lowest BCUT2D eigenvalue weighted by molar-refractivity contribution is 0.355. The van der Waals surface area contributed by atoms with Crippen molar-refractivity contribution in [3.63, 3.8) is 0 Å². The van der Waals surface area contributed by atoms with Gasteiger partial charge in [-0.2, -0.15) is 0 Å². The summed E-state index contributed by atoms with van der Waals surface area (Å²) in [6, 6.07) is 3.61. The molecule has 0 aliphatic rings. The summed E-state index contributed by atoms with van der Waals surface area (Å²) < 4.78 is 13.3. The highest BCUT2D eigenvalue weighted by Crippen LogP contribution is 2.24. The Kier molecular flexibility index (Phi) is 1.98. The van der Waals surface area contributed by atoms with Crippen molar-refractivity contribution >= 4 is 11.0 Å². The second kappa shape index (κ2) is 3.14. The molecule has 2 heterocycles. The van der Waals surface area contributed by atoms with Gasteiger partial charge >= 0.3 is 0 Å². The number of alkyl halides is 1. The lowest BCUT2D eigenvalue weighted by Gasteiger charge is -2.01. The number of aromatic amines is 1. The topological polar surface area (TPSA) is 54.7 Å². The van der Waals surface area contributed by atoms with E-state index in [1.807, 2.05) is 6.07 Å². The van der Waals surface area contributed by atoms with Crippen molar-refractivity contribution in [2.45, 2.75) is 6.17 Å². The summed E-state index contributed by atoms with van der Waals surface area (Å²) in [5, 5.41) is 0.806. The third-order valence-electron chi connectivity index (χ3n) is 2.03. The van der Waals surface area contributed by atoms with Crippen molar-refractivity contribution in [2.75, 3.05) is 6.54 Å². The van der Waals surface area contributed by atoms with Gasteiger partial charge in [-0.1, -0.05) is 0 Å². The number of nitrogens with zero attached hydrogens (tertiary/aromatic N) is 1. The van der Waals surface area contributed by atoms with E-state index in [1.54, 1.807) is 18.5 Å². The molecule has 2 aromatic heterocycles. The molecule has 1 unspecified atom stereocenters. The molecule has 0 amide bonds. The number of aromatic nitrogens is 2. The first-order valence-electron chi connectivity index (χ1n) is 4.09. The van der Waals surface area contributed by atoms with Gasteiger partial charge in [-0.25, -0.2) is 9.37 Å². The van der Waals surface area contributed by atoms with Crippen LogP contribution in [0.4, 0.5) is 4.39 Å². The number of pyridine rings is 1. The van der Waals surface area contributed by atoms with Crippen LogP contribution >= 0.6 is 0 Å². The lowest BCUT2D eigenvalue weighted by Crippen LogP contribution is -2.06. The second-order valence-electron chi connectivity index (χ2n) is 2.85. The zero-order valence-electron chi connectivity index (χ0n) is 7.00. The zero-order chi connectivity index (χ0) is 9.26. The van der Waals surface area contributed by atoms with Crippen LogP contribution in [0, 0.1) is 0 Å². The first-order chi connectivity index (χ1) is 6.33. The van der Waals surface area contributed by atoms with Crippen LogP contribution in [0.2, 0.25) is 0 Å². The molecule has 0 saturated heterocycles. The van der Waals surface area contributed by atoms with E-state index < -0.39 is 6.17 Å². The number of nitrogens with one attached hydrogen (secondary N) is 1. The number of hydrogen-bond acceptors (Lipinski definition) is 2. The van der Waals surface area contributed by atoms with Gasteiger partial charge in [-0.15, -0.1) is 0 Å². The molecule has 0 fully saturated rings. The number of rotatable bonds is 2. The Labute approximate surface area is 74.8 Å². The van der Waals surface area contributed by atoms with E-state index in [2.05, 4.69) is 9.97 Å². The maximum absolute atomic E-state index is 13.3. The molecule has 0 spiro atoms. The summed E-state index contributed by atoms with van der Waals surface area (Å²) in [5.74, 6) is 0. The van der Waals surface area contributed by atoms with Crippen LogP contribution < -0.4 is 5.73 Å². The molecule has 3 N–H and O–H groups in total. The first kappa shape index (κ1) is 8.19. The summed E-state index contributed by atoms with van der Waals surface area (Å²) in [7, 11) is 0. The Morgan fingerprint density at radius 3 is 3.23 bits per heavy atom. The smallest absolute Gasteiger partial charge is 0.139 e. The third kappa shape index (κ3) is 1.29. The van der Waals surface area contributed by atoms with Gasteiger partial charge in [-0.05, 0) is 12.1 Å². The molecule has 1 atom stereocenters. The number of H-pyrrole nitrogens is 1. The van der Waals surface area contributed by atoms with Gasteiger partial charge in [0.1, 0.15) is 11.8 Å². The highest BCUT2D eigenvalue weighted by molar-refractivity contribution is 5.79. The first-order valence-corrected chi connectivity index (χ1v) is 4.09. The van der Waals surface area contributed by atoms with Crippen molar-refractivity contribution in [1.82, 2.24) is 9.97 Å². The van der Waals surface area contributed by atoms with Crippen molar-refractivity contribution in [3.05, 3.63) is 30.1 Å². The average Bonchev–Trinajstić information content (AvgIpc) is 2.60. The third-order valence-corrected chi connectivity index (χ3v) is 2.03. The number of hydrogen-bond donors (Lipinski definition) is 2. The van der Waals surface area contributed by atoms with Crippen LogP contribution in [0.15, 0.2) is 24.5 Å². The second-order valence-corrected chi connectivity index (χ2v) is 2.85. The van der Waals surface area contributed by atoms with Crippen molar-refractivity contribution in [2.24, 2.45) is 5.73 Å². The Bertz CT molecular complexity index is 410. The summed E-state index contributed by atoms with van der Waals surface area (Å²) >= 11 is 0. The van der Waals surface area contributed by atoms with Gasteiger partial charge < -0.3 is 10.7 Å². The lowest BCUT2D eigenvalue weighted by atomic mass is 10.1. The normalized spacial score (nSPS) is 13.4. The number of nitrogens with two attached hydrogens (primary N) is 1. The van der Waals surface area contributed by atoms with E-state index in [0.717, 1.165) is 5.39 Å². The fourth-order valence-electron chi connectivity index (χ4n) is 1.36. The van der Waals surface area contributed by atoms with Crippen molar-refractivity contribution in [1.29, 1.82) is 0 Å². The quantitative estimate of drug-likeness (QED) is 0.734. The predicted octanol–water partition coefficient (Wildman–Crippen LogP) is 1.53. The molecule has 0 aliphatic carbocycles. The van der Waals surface area contributed by atoms with E-state index in [1.165, 1.54) is 0 Å². The summed E-state index contributed by atoms with van der Waals surface area (Å²) in [5.41, 5.74) is 6.54. The van der Waals surface area contributed by atoms with E-state index in [0.29, 0.717) is 11.2 Å². The molecule has 2 aromatic rings. The summed E-state index contributed by atoms with van der Waals surface area (Å²) in [6.45, 7) is 0.00183. The van der Waals surface area contributed by atoms with Gasteiger partial charge in [0, 0.05) is 29.9 Å². The van der Waals surface area contributed by atoms with Gasteiger partial charge in [0.25, 0.3) is 0 Å². The highest BCUT2D eigenvalue weighted by atomic mass is 19.1. The van der Waals surface area contributed by atoms with E-state index >= 15 is 0 Å². The molecular formula is C9H10FN3. The Hall–Kier alpha value is -1.42. The Balaban J connectivity index is 2.57. The van der Waals surface area contributed by atoms with Gasteiger partial charge in [-0.3, -0.25) is 0 Å². The molecule has 13 heavy (non-hydrogen) atoms. The van der Waals surface area contributed by atoms with Crippen LogP contribution in [-0.4, -0.2) is 16.5 Å². The van der Waals surface area contributed by atoms with Crippen LogP contribution in [0.5, 0.6) is 0 Å². The monoisotopic (exact) mass is 179 g/mol. The van der Waals surface area contributed by atoms with Crippen LogP contribution in [0.1, 0.15) is 11.7 Å². The van der Waals surface area contributed by atoms with Crippen LogP contribution in [-0.2, 0) is 0 Å². The fraction of sp³-hybridized carbons (Fsp3) is 0.222. The molecule has 2 rings (SSSR count). The molecule has 0 aromatic carbocycles. The maximum atomic E-state index is 13.3. The SMILES string of the molecule is NCC(F)c1c[nH]c2ncccc12. The van der Waals surface area contributed by atoms with Crippen LogP contribution in [0.3, 0.4) is 0 Å². The van der Waals surface area contributed by atoms with E-state index in [4.69, 9.17) is 5.73 Å². The average molecular weight is 179 g/mol. The van der Waals surface area contributed by atoms with Crippen molar-refractivity contribution < 1.29 is 4.39 Å². The van der Waals surface area contributed by atoms with Gasteiger partial charge in [0.05, 0.1) is 0 Å². The molecule has 4 heteroatoms. The fourth-order valence-corrected chi connectivity index (χ4v) is 1.36. The number of fused-ring (bicyclic) bond motifs is 1. The highest BCUT2D eigenvalue weighted by Gasteiger charge is 2.12. The number of halogens is 1. The van der Waals surface area contributed by atoms with E-state index in [9.17, 15) is 4.39 Å². The molecule has 0 saturated carbocycles. The zero-order valence-corrected chi connectivity index (χ0v) is 7.00. The summed E-state index contributed by atoms with van der Waals surface area (Å²) in [6.07, 6.45) is 2.17. The Morgan fingerprint density at radius 1 is 1.62 bits per heavy atom. The summed E-state index contributed by atoms with van der Waals surface area (Å²) in [4.78, 5) is 6.95. The minimum absolute atomic E-state index is 0.00183. The largest absolute Gasteiger partial charge is 0.346 e. The molecule has 68 valence electrons. The standard InChI is InChI=1S/C9H10FN3/c10-8(4-11)7-5-13-9-6(7)2-1-3-12-9/h1-3,5,8H,4,11H2,(H,12,13). The maximum Gasteiger partial charge on any atom is 0.139 e. The molecule has 3 nitrogen and oxygen atoms in total. The molecule has 0 radical (unpaired) electrons. The molecular weight excluding hydrogens is 169 g/mol. The minimum atomic E-state index is -1.11. The predicted molar refractivity (Wildman–Crippen MR) is 49.0 cm³/mol. The minimum Gasteiger partial charge on any atom is -0.346 e. The molecule has 0 bridgehead atoms. The van der Waals surface area contributed by atoms with Gasteiger partial charge in [0.15, 0.2) is 0 Å². The van der Waals surface area contributed by atoms with Crippen LogP contribution in [0.25, 0.3) is 11.0 Å². The van der Waals surface area contributed by atoms with E-state index in [-0.39, 0.29) is 6.54 Å². The van der Waals surface area contributed by atoms with Crippen molar-refractivity contribution in [3.8, 4) is 0 Å².